The first-order valence-electron chi connectivity index (χ1n) is 8.54. The Kier molecular flexibility index (Phi) is 4.07. The lowest BCUT2D eigenvalue weighted by molar-refractivity contribution is 0.0950. The maximum atomic E-state index is 12.7. The van der Waals surface area contributed by atoms with Crippen LogP contribution in [0, 0.1) is 0 Å². The molecule has 2 aromatic carbocycles. The SMILES string of the molecule is COc1cc2c(cc1O)CCNC(=O)c1[nH]c3ccc(OC)c(OC)c3c1-2. The summed E-state index contributed by atoms with van der Waals surface area (Å²) in [6.45, 7) is 0.465. The van der Waals surface area contributed by atoms with Gasteiger partial charge in [0.1, 0.15) is 5.69 Å². The highest BCUT2D eigenvalue weighted by Crippen LogP contribution is 2.46. The highest BCUT2D eigenvalue weighted by molar-refractivity contribution is 6.13. The third-order valence-electron chi connectivity index (χ3n) is 4.89. The number of aromatic hydroxyl groups is 1. The van der Waals surface area contributed by atoms with Gasteiger partial charge in [0.2, 0.25) is 0 Å². The molecule has 1 aliphatic heterocycles. The number of amides is 1. The van der Waals surface area contributed by atoms with E-state index < -0.39 is 0 Å². The van der Waals surface area contributed by atoms with Crippen molar-refractivity contribution in [1.82, 2.24) is 10.3 Å². The number of hydrogen-bond donors (Lipinski definition) is 3. The van der Waals surface area contributed by atoms with E-state index in [0.29, 0.717) is 41.5 Å². The van der Waals surface area contributed by atoms with Crippen LogP contribution in [0.3, 0.4) is 0 Å². The maximum absolute atomic E-state index is 12.7. The Labute approximate surface area is 155 Å². The number of benzene rings is 2. The number of phenols is 1. The van der Waals surface area contributed by atoms with Gasteiger partial charge in [-0.1, -0.05) is 0 Å². The summed E-state index contributed by atoms with van der Waals surface area (Å²) in [4.78, 5) is 15.9. The monoisotopic (exact) mass is 368 g/mol. The number of aromatic amines is 1. The molecule has 1 amide bonds. The summed E-state index contributed by atoms with van der Waals surface area (Å²) in [5.74, 6) is 1.33. The van der Waals surface area contributed by atoms with Crippen LogP contribution in [0.4, 0.5) is 0 Å². The first kappa shape index (κ1) is 17.1. The molecule has 3 aromatic rings. The molecule has 1 aliphatic rings. The van der Waals surface area contributed by atoms with Gasteiger partial charge in [-0.05, 0) is 41.8 Å². The van der Waals surface area contributed by atoms with Gasteiger partial charge in [-0.2, -0.15) is 0 Å². The van der Waals surface area contributed by atoms with E-state index in [2.05, 4.69) is 10.3 Å². The lowest BCUT2D eigenvalue weighted by atomic mass is 9.92. The summed E-state index contributed by atoms with van der Waals surface area (Å²) in [5, 5.41) is 13.9. The average molecular weight is 368 g/mol. The summed E-state index contributed by atoms with van der Waals surface area (Å²) in [5.41, 5.74) is 3.61. The molecular formula is C20H20N2O5. The van der Waals surface area contributed by atoms with Crippen LogP contribution in [0.2, 0.25) is 0 Å². The van der Waals surface area contributed by atoms with Gasteiger partial charge in [0, 0.05) is 12.1 Å². The Hall–Kier alpha value is -3.35. The predicted octanol–water partition coefficient (Wildman–Crippen LogP) is 2.85. The second-order valence-corrected chi connectivity index (χ2v) is 6.29. The normalized spacial score (nSPS) is 13.2. The highest BCUT2D eigenvalue weighted by Gasteiger charge is 2.27. The Morgan fingerprint density at radius 1 is 1.04 bits per heavy atom. The van der Waals surface area contributed by atoms with Crippen molar-refractivity contribution in [2.45, 2.75) is 6.42 Å². The molecule has 0 saturated carbocycles. The Morgan fingerprint density at radius 3 is 2.52 bits per heavy atom. The zero-order valence-corrected chi connectivity index (χ0v) is 15.3. The van der Waals surface area contributed by atoms with E-state index in [1.165, 1.54) is 7.11 Å². The van der Waals surface area contributed by atoms with Gasteiger partial charge >= 0.3 is 0 Å². The van der Waals surface area contributed by atoms with Crippen LogP contribution < -0.4 is 19.5 Å². The fraction of sp³-hybridized carbons (Fsp3) is 0.250. The van der Waals surface area contributed by atoms with Crippen molar-refractivity contribution >= 4 is 16.8 Å². The minimum Gasteiger partial charge on any atom is -0.504 e. The highest BCUT2D eigenvalue weighted by atomic mass is 16.5. The molecule has 0 atom stereocenters. The molecule has 4 rings (SSSR count). The molecule has 0 saturated heterocycles. The average Bonchev–Trinajstić information content (AvgIpc) is 3.05. The van der Waals surface area contributed by atoms with Gasteiger partial charge in [-0.15, -0.1) is 0 Å². The van der Waals surface area contributed by atoms with E-state index in [0.717, 1.165) is 22.0 Å². The van der Waals surface area contributed by atoms with Crippen LogP contribution in [0.1, 0.15) is 16.1 Å². The first-order valence-corrected chi connectivity index (χ1v) is 8.54. The molecule has 2 heterocycles. The van der Waals surface area contributed by atoms with Crippen LogP contribution in [0.15, 0.2) is 24.3 Å². The fourth-order valence-corrected chi connectivity index (χ4v) is 3.65. The lowest BCUT2D eigenvalue weighted by Crippen LogP contribution is -2.28. The minimum absolute atomic E-state index is 0.0640. The number of methoxy groups -OCH3 is 3. The van der Waals surface area contributed by atoms with E-state index in [1.807, 2.05) is 6.07 Å². The zero-order chi connectivity index (χ0) is 19.1. The lowest BCUT2D eigenvalue weighted by Gasteiger charge is -2.18. The summed E-state index contributed by atoms with van der Waals surface area (Å²) in [7, 11) is 4.64. The zero-order valence-electron chi connectivity index (χ0n) is 15.3. The van der Waals surface area contributed by atoms with E-state index in [-0.39, 0.29) is 11.7 Å². The Bertz CT molecular complexity index is 1050. The quantitative estimate of drug-likeness (QED) is 0.661. The number of hydrogen-bond acceptors (Lipinski definition) is 5. The molecule has 3 N–H and O–H groups in total. The molecule has 140 valence electrons. The summed E-state index contributed by atoms with van der Waals surface area (Å²) < 4.78 is 16.4. The topological polar surface area (TPSA) is 92.8 Å². The summed E-state index contributed by atoms with van der Waals surface area (Å²) >= 11 is 0. The van der Waals surface area contributed by atoms with Gasteiger partial charge < -0.3 is 29.6 Å². The fourth-order valence-electron chi connectivity index (χ4n) is 3.65. The maximum Gasteiger partial charge on any atom is 0.268 e. The van der Waals surface area contributed by atoms with Crippen molar-refractivity contribution in [1.29, 1.82) is 0 Å². The number of H-pyrrole nitrogens is 1. The van der Waals surface area contributed by atoms with Crippen molar-refractivity contribution in [2.24, 2.45) is 0 Å². The van der Waals surface area contributed by atoms with Gasteiger partial charge in [-0.3, -0.25) is 4.79 Å². The summed E-state index contributed by atoms with van der Waals surface area (Å²) in [6.07, 6.45) is 0.580. The number of phenolic OH excluding ortho intramolecular Hbond substituents is 1. The Balaban J connectivity index is 2.15. The summed E-state index contributed by atoms with van der Waals surface area (Å²) in [6, 6.07) is 7.09. The van der Waals surface area contributed by atoms with Crippen molar-refractivity contribution in [3.63, 3.8) is 0 Å². The predicted molar refractivity (Wildman–Crippen MR) is 101 cm³/mol. The molecular weight excluding hydrogens is 348 g/mol. The smallest absolute Gasteiger partial charge is 0.268 e. The van der Waals surface area contributed by atoms with Gasteiger partial charge in [-0.25, -0.2) is 0 Å². The van der Waals surface area contributed by atoms with E-state index in [9.17, 15) is 9.90 Å². The number of aromatic nitrogens is 1. The number of ether oxygens (including phenoxy) is 3. The van der Waals surface area contributed by atoms with Crippen LogP contribution in [0.5, 0.6) is 23.0 Å². The molecule has 0 bridgehead atoms. The van der Waals surface area contributed by atoms with Crippen molar-refractivity contribution in [2.75, 3.05) is 27.9 Å². The molecule has 7 heteroatoms. The van der Waals surface area contributed by atoms with Crippen LogP contribution >= 0.6 is 0 Å². The number of rotatable bonds is 3. The number of carbonyl (C=O) groups excluding carboxylic acids is 1. The molecule has 0 fully saturated rings. The number of carbonyl (C=O) groups is 1. The van der Waals surface area contributed by atoms with Crippen LogP contribution in [-0.2, 0) is 6.42 Å². The number of fused-ring (bicyclic) bond motifs is 5. The molecule has 0 aliphatic carbocycles. The molecule has 0 spiro atoms. The molecule has 0 unspecified atom stereocenters. The van der Waals surface area contributed by atoms with Crippen molar-refractivity contribution < 1.29 is 24.1 Å². The van der Waals surface area contributed by atoms with Gasteiger partial charge in [0.05, 0.1) is 32.2 Å². The van der Waals surface area contributed by atoms with Crippen molar-refractivity contribution in [3.05, 3.63) is 35.5 Å². The van der Waals surface area contributed by atoms with E-state index >= 15 is 0 Å². The van der Waals surface area contributed by atoms with Gasteiger partial charge in [0.25, 0.3) is 5.91 Å². The minimum atomic E-state index is -0.195. The van der Waals surface area contributed by atoms with Crippen molar-refractivity contribution in [3.8, 4) is 34.1 Å². The standard InChI is InChI=1S/C20H20N2O5/c1-25-14-5-4-12-17(19(14)27-3)16-11-9-15(26-2)13(23)8-10(11)6-7-21-20(24)18(16)22-12/h4-5,8-9,22-23H,6-7H2,1-3H3,(H,21,24). The second kappa shape index (κ2) is 6.42. The van der Waals surface area contributed by atoms with E-state index in [1.54, 1.807) is 32.4 Å². The van der Waals surface area contributed by atoms with Crippen LogP contribution in [0.25, 0.3) is 22.0 Å². The third kappa shape index (κ3) is 2.54. The first-order chi connectivity index (χ1) is 13.1. The van der Waals surface area contributed by atoms with E-state index in [4.69, 9.17) is 14.2 Å². The Morgan fingerprint density at radius 2 is 1.81 bits per heavy atom. The largest absolute Gasteiger partial charge is 0.504 e. The third-order valence-corrected chi connectivity index (χ3v) is 4.89. The van der Waals surface area contributed by atoms with Crippen LogP contribution in [-0.4, -0.2) is 43.9 Å². The second-order valence-electron chi connectivity index (χ2n) is 6.29. The molecule has 7 nitrogen and oxygen atoms in total. The number of nitrogens with one attached hydrogen (secondary N) is 2. The molecule has 27 heavy (non-hydrogen) atoms. The molecule has 1 aromatic heterocycles. The molecule has 0 radical (unpaired) electrons. The van der Waals surface area contributed by atoms with Gasteiger partial charge in [0.15, 0.2) is 23.0 Å².